The van der Waals surface area contributed by atoms with E-state index in [1.54, 1.807) is 0 Å². The van der Waals surface area contributed by atoms with Crippen molar-refractivity contribution in [3.63, 3.8) is 0 Å². The maximum atomic E-state index is 14.0. The number of rotatable bonds is 2. The minimum Gasteiger partial charge on any atom is -0.396 e. The van der Waals surface area contributed by atoms with E-state index in [1.807, 2.05) is 60.7 Å². The predicted octanol–water partition coefficient (Wildman–Crippen LogP) is 4.28. The summed E-state index contributed by atoms with van der Waals surface area (Å²) >= 11 is 0. The van der Waals surface area contributed by atoms with Gasteiger partial charge < -0.3 is 5.73 Å². The van der Waals surface area contributed by atoms with E-state index >= 15 is 0 Å². The fourth-order valence-electron chi connectivity index (χ4n) is 2.34. The minimum atomic E-state index is -0.356. The Hall–Kier alpha value is -2.35. The maximum Gasteiger partial charge on any atom is 0.147 e. The molecule has 2 aromatic carbocycles. The molecule has 19 heavy (non-hydrogen) atoms. The van der Waals surface area contributed by atoms with E-state index in [9.17, 15) is 4.39 Å². The molecular formula is C17H14FN. The van der Waals surface area contributed by atoms with E-state index in [-0.39, 0.29) is 17.4 Å². The lowest BCUT2D eigenvalue weighted by Gasteiger charge is -2.12. The van der Waals surface area contributed by atoms with Crippen LogP contribution in [0.25, 0.3) is 11.1 Å². The van der Waals surface area contributed by atoms with Crippen LogP contribution in [-0.2, 0) is 0 Å². The molecule has 1 aliphatic rings. The summed E-state index contributed by atoms with van der Waals surface area (Å²) in [5.74, 6) is -0.220. The van der Waals surface area contributed by atoms with Crippen molar-refractivity contribution >= 4 is 5.69 Å². The third-order valence-electron chi connectivity index (χ3n) is 3.37. The number of hydrogen-bond acceptors (Lipinski definition) is 1. The molecule has 0 fully saturated rings. The van der Waals surface area contributed by atoms with Gasteiger partial charge in [0, 0.05) is 11.5 Å². The first-order chi connectivity index (χ1) is 9.25. The van der Waals surface area contributed by atoms with Crippen LogP contribution in [0.4, 0.5) is 10.1 Å². The molecule has 0 spiro atoms. The SMILES string of the molecule is Nc1c(F)cc(C2C=CC=C2)cc1-c1ccccc1. The van der Waals surface area contributed by atoms with Crippen LogP contribution in [0.1, 0.15) is 11.5 Å². The second-order valence-electron chi connectivity index (χ2n) is 4.63. The number of benzene rings is 2. The molecule has 0 bridgehead atoms. The Bertz CT molecular complexity index is 644. The molecule has 0 aromatic heterocycles. The van der Waals surface area contributed by atoms with Crippen molar-refractivity contribution in [2.75, 3.05) is 5.73 Å². The van der Waals surface area contributed by atoms with Crippen LogP contribution in [0.5, 0.6) is 0 Å². The average Bonchev–Trinajstić information content (AvgIpc) is 2.97. The molecule has 1 aliphatic carbocycles. The van der Waals surface area contributed by atoms with Crippen molar-refractivity contribution in [2.24, 2.45) is 0 Å². The van der Waals surface area contributed by atoms with Crippen LogP contribution >= 0.6 is 0 Å². The normalized spacial score (nSPS) is 14.2. The summed E-state index contributed by atoms with van der Waals surface area (Å²) in [6.45, 7) is 0. The third-order valence-corrected chi connectivity index (χ3v) is 3.37. The number of halogens is 1. The molecule has 0 saturated carbocycles. The summed E-state index contributed by atoms with van der Waals surface area (Å²) in [5.41, 5.74) is 8.70. The molecule has 0 atom stereocenters. The Kier molecular flexibility index (Phi) is 2.92. The van der Waals surface area contributed by atoms with Gasteiger partial charge in [-0.3, -0.25) is 0 Å². The molecule has 94 valence electrons. The summed E-state index contributed by atoms with van der Waals surface area (Å²) in [4.78, 5) is 0. The van der Waals surface area contributed by atoms with E-state index in [2.05, 4.69) is 0 Å². The lowest BCUT2D eigenvalue weighted by molar-refractivity contribution is 0.630. The lowest BCUT2D eigenvalue weighted by Crippen LogP contribution is -1.99. The Labute approximate surface area is 111 Å². The molecule has 0 unspecified atom stereocenters. The zero-order valence-corrected chi connectivity index (χ0v) is 10.4. The Morgan fingerprint density at radius 2 is 1.63 bits per heavy atom. The highest BCUT2D eigenvalue weighted by molar-refractivity contribution is 5.77. The van der Waals surface area contributed by atoms with Crippen LogP contribution in [0, 0.1) is 5.82 Å². The van der Waals surface area contributed by atoms with Crippen molar-refractivity contribution in [2.45, 2.75) is 5.92 Å². The number of allylic oxidation sites excluding steroid dienone is 4. The maximum absolute atomic E-state index is 14.0. The Balaban J connectivity index is 2.14. The standard InChI is InChI=1S/C17H14FN/c18-16-11-14(12-6-4-5-7-12)10-15(17(16)19)13-8-2-1-3-9-13/h1-12H,19H2. The van der Waals surface area contributed by atoms with Gasteiger partial charge in [0.1, 0.15) is 5.82 Å². The Morgan fingerprint density at radius 3 is 2.32 bits per heavy atom. The Morgan fingerprint density at radius 1 is 0.947 bits per heavy atom. The number of hydrogen-bond donors (Lipinski definition) is 1. The summed E-state index contributed by atoms with van der Waals surface area (Å²) in [6, 6.07) is 13.2. The summed E-state index contributed by atoms with van der Waals surface area (Å²) in [6.07, 6.45) is 8.03. The van der Waals surface area contributed by atoms with Crippen molar-refractivity contribution in [3.05, 3.63) is 78.1 Å². The van der Waals surface area contributed by atoms with Crippen molar-refractivity contribution in [1.29, 1.82) is 0 Å². The first-order valence-electron chi connectivity index (χ1n) is 6.25. The zero-order valence-electron chi connectivity index (χ0n) is 10.4. The molecule has 3 rings (SSSR count). The van der Waals surface area contributed by atoms with Gasteiger partial charge in [0.2, 0.25) is 0 Å². The van der Waals surface area contributed by atoms with Crippen LogP contribution in [-0.4, -0.2) is 0 Å². The van der Waals surface area contributed by atoms with Gasteiger partial charge >= 0.3 is 0 Å². The van der Waals surface area contributed by atoms with Crippen molar-refractivity contribution in [1.82, 2.24) is 0 Å². The number of anilines is 1. The third kappa shape index (κ3) is 2.17. The minimum absolute atomic E-state index is 0.137. The second kappa shape index (κ2) is 4.73. The molecule has 0 radical (unpaired) electrons. The highest BCUT2D eigenvalue weighted by Gasteiger charge is 2.14. The molecule has 0 amide bonds. The van der Waals surface area contributed by atoms with Gasteiger partial charge in [0.25, 0.3) is 0 Å². The van der Waals surface area contributed by atoms with E-state index < -0.39 is 0 Å². The van der Waals surface area contributed by atoms with Crippen LogP contribution < -0.4 is 5.73 Å². The smallest absolute Gasteiger partial charge is 0.147 e. The van der Waals surface area contributed by atoms with Gasteiger partial charge in [-0.2, -0.15) is 0 Å². The van der Waals surface area contributed by atoms with Gasteiger partial charge in [-0.25, -0.2) is 4.39 Å². The van der Waals surface area contributed by atoms with Crippen molar-refractivity contribution in [3.8, 4) is 11.1 Å². The van der Waals surface area contributed by atoms with Gasteiger partial charge in [-0.1, -0.05) is 54.6 Å². The van der Waals surface area contributed by atoms with Gasteiger partial charge in [0.15, 0.2) is 0 Å². The average molecular weight is 251 g/mol. The first-order valence-corrected chi connectivity index (χ1v) is 6.25. The van der Waals surface area contributed by atoms with Crippen LogP contribution in [0.15, 0.2) is 66.8 Å². The number of nitrogen functional groups attached to an aromatic ring is 1. The quantitative estimate of drug-likeness (QED) is 0.792. The van der Waals surface area contributed by atoms with E-state index in [0.717, 1.165) is 16.7 Å². The predicted molar refractivity (Wildman–Crippen MR) is 77.3 cm³/mol. The van der Waals surface area contributed by atoms with E-state index in [4.69, 9.17) is 5.73 Å². The first kappa shape index (κ1) is 11.7. The summed E-state index contributed by atoms with van der Waals surface area (Å²) < 4.78 is 14.0. The zero-order chi connectivity index (χ0) is 13.2. The lowest BCUT2D eigenvalue weighted by atomic mass is 9.94. The van der Waals surface area contributed by atoms with E-state index in [1.165, 1.54) is 6.07 Å². The monoisotopic (exact) mass is 251 g/mol. The second-order valence-corrected chi connectivity index (χ2v) is 4.63. The molecule has 2 N–H and O–H groups in total. The largest absolute Gasteiger partial charge is 0.396 e. The molecule has 0 saturated heterocycles. The molecule has 0 heterocycles. The van der Waals surface area contributed by atoms with Crippen LogP contribution in [0.2, 0.25) is 0 Å². The van der Waals surface area contributed by atoms with Gasteiger partial charge in [-0.15, -0.1) is 0 Å². The molecule has 0 aliphatic heterocycles. The molecule has 1 nitrogen and oxygen atoms in total. The molecular weight excluding hydrogens is 237 g/mol. The summed E-state index contributed by atoms with van der Waals surface area (Å²) in [5, 5.41) is 0. The fraction of sp³-hybridized carbons (Fsp3) is 0.0588. The fourth-order valence-corrected chi connectivity index (χ4v) is 2.34. The topological polar surface area (TPSA) is 26.0 Å². The highest BCUT2D eigenvalue weighted by atomic mass is 19.1. The number of nitrogens with two attached hydrogens (primary N) is 1. The van der Waals surface area contributed by atoms with Gasteiger partial charge in [-0.05, 0) is 23.3 Å². The van der Waals surface area contributed by atoms with Gasteiger partial charge in [0.05, 0.1) is 5.69 Å². The molecule has 2 aromatic rings. The highest BCUT2D eigenvalue weighted by Crippen LogP contribution is 2.33. The van der Waals surface area contributed by atoms with Crippen molar-refractivity contribution < 1.29 is 4.39 Å². The molecule has 2 heteroatoms. The van der Waals surface area contributed by atoms with E-state index in [0.29, 0.717) is 0 Å². The van der Waals surface area contributed by atoms with Crippen LogP contribution in [0.3, 0.4) is 0 Å². The summed E-state index contributed by atoms with van der Waals surface area (Å²) in [7, 11) is 0.